The van der Waals surface area contributed by atoms with Gasteiger partial charge >= 0.3 is 6.09 Å². The molecule has 0 aliphatic carbocycles. The molecule has 2 aliphatic heterocycles. The molecular formula is C27H34N2O5. The number of benzene rings is 2. The van der Waals surface area contributed by atoms with Gasteiger partial charge in [-0.3, -0.25) is 4.79 Å². The maximum atomic E-state index is 12.6. The zero-order chi connectivity index (χ0) is 23.9. The van der Waals surface area contributed by atoms with Crippen LogP contribution in [0.4, 0.5) is 4.79 Å². The Bertz CT molecular complexity index is 944. The average Bonchev–Trinajstić information content (AvgIpc) is 2.88. The van der Waals surface area contributed by atoms with Crippen molar-refractivity contribution in [2.75, 3.05) is 46.0 Å². The number of hydrogen-bond acceptors (Lipinski definition) is 5. The van der Waals surface area contributed by atoms with E-state index in [9.17, 15) is 9.59 Å². The average molecular weight is 467 g/mol. The standard InChI is InChI=1S/C27H34N2O5/c1-20(2)34-27(31)29-13-11-21(12-14-29)19-33-25-9-7-23(8-10-25)22-3-5-24(6-4-22)26(30)28-15-17-32-18-16-28/h3-10,20-21H,11-19H2,1-2H3. The van der Waals surface area contributed by atoms with E-state index in [4.69, 9.17) is 14.2 Å². The Morgan fingerprint density at radius 3 is 2.06 bits per heavy atom. The molecule has 34 heavy (non-hydrogen) atoms. The van der Waals surface area contributed by atoms with Crippen molar-refractivity contribution in [3.8, 4) is 16.9 Å². The topological polar surface area (TPSA) is 68.3 Å². The van der Waals surface area contributed by atoms with Gasteiger partial charge in [0.05, 0.1) is 25.9 Å². The van der Waals surface area contributed by atoms with E-state index in [0.717, 1.165) is 29.7 Å². The Hall–Kier alpha value is -3.06. The number of piperidine rings is 1. The first-order valence-electron chi connectivity index (χ1n) is 12.2. The van der Waals surface area contributed by atoms with E-state index in [-0.39, 0.29) is 18.1 Å². The summed E-state index contributed by atoms with van der Waals surface area (Å²) >= 11 is 0. The van der Waals surface area contributed by atoms with E-state index < -0.39 is 0 Å². The molecule has 2 fully saturated rings. The van der Waals surface area contributed by atoms with E-state index in [1.54, 1.807) is 4.90 Å². The summed E-state index contributed by atoms with van der Waals surface area (Å²) in [6.07, 6.45) is 1.53. The molecule has 0 unspecified atom stereocenters. The van der Waals surface area contributed by atoms with Crippen molar-refractivity contribution < 1.29 is 23.8 Å². The minimum Gasteiger partial charge on any atom is -0.493 e. The van der Waals surface area contributed by atoms with E-state index in [0.29, 0.717) is 57.5 Å². The van der Waals surface area contributed by atoms with Gasteiger partial charge in [0.2, 0.25) is 0 Å². The van der Waals surface area contributed by atoms with Crippen LogP contribution in [-0.2, 0) is 9.47 Å². The number of nitrogens with zero attached hydrogens (tertiary/aromatic N) is 2. The van der Waals surface area contributed by atoms with Crippen LogP contribution in [0.2, 0.25) is 0 Å². The molecule has 0 saturated carbocycles. The Labute approximate surface area is 201 Å². The van der Waals surface area contributed by atoms with E-state index in [1.807, 2.05) is 67.3 Å². The fraction of sp³-hybridized carbons (Fsp3) is 0.481. The van der Waals surface area contributed by atoms with Gasteiger partial charge in [0.15, 0.2) is 0 Å². The Morgan fingerprint density at radius 1 is 0.882 bits per heavy atom. The number of hydrogen-bond donors (Lipinski definition) is 0. The first-order valence-corrected chi connectivity index (χ1v) is 12.2. The van der Waals surface area contributed by atoms with Crippen LogP contribution in [0, 0.1) is 5.92 Å². The Kier molecular flexibility index (Phi) is 8.06. The summed E-state index contributed by atoms with van der Waals surface area (Å²) in [5, 5.41) is 0. The molecule has 0 radical (unpaired) electrons. The highest BCUT2D eigenvalue weighted by atomic mass is 16.6. The fourth-order valence-corrected chi connectivity index (χ4v) is 4.27. The molecule has 2 aromatic rings. The van der Waals surface area contributed by atoms with Gasteiger partial charge in [-0.1, -0.05) is 24.3 Å². The SMILES string of the molecule is CC(C)OC(=O)N1CCC(COc2ccc(-c3ccc(C(=O)N4CCOCC4)cc3)cc2)CC1. The summed E-state index contributed by atoms with van der Waals surface area (Å²) in [6, 6.07) is 15.8. The van der Waals surface area contributed by atoms with Crippen LogP contribution in [0.5, 0.6) is 5.75 Å². The van der Waals surface area contributed by atoms with Crippen LogP contribution in [0.1, 0.15) is 37.0 Å². The Balaban J connectivity index is 1.25. The summed E-state index contributed by atoms with van der Waals surface area (Å²) in [4.78, 5) is 28.3. The van der Waals surface area contributed by atoms with Gasteiger partial charge < -0.3 is 24.0 Å². The lowest BCUT2D eigenvalue weighted by molar-refractivity contribution is 0.0303. The predicted molar refractivity (Wildman–Crippen MR) is 130 cm³/mol. The van der Waals surface area contributed by atoms with Crippen LogP contribution in [0.25, 0.3) is 11.1 Å². The lowest BCUT2D eigenvalue weighted by Gasteiger charge is -2.31. The van der Waals surface area contributed by atoms with Gasteiger partial charge in [-0.25, -0.2) is 4.79 Å². The second-order valence-electron chi connectivity index (χ2n) is 9.18. The number of carbonyl (C=O) groups is 2. The van der Waals surface area contributed by atoms with Crippen LogP contribution >= 0.6 is 0 Å². The van der Waals surface area contributed by atoms with Crippen molar-refractivity contribution in [1.29, 1.82) is 0 Å². The van der Waals surface area contributed by atoms with E-state index in [2.05, 4.69) is 0 Å². The summed E-state index contributed by atoms with van der Waals surface area (Å²) in [5.74, 6) is 1.32. The minimum atomic E-state index is -0.219. The maximum absolute atomic E-state index is 12.6. The molecule has 7 heteroatoms. The molecule has 0 bridgehead atoms. The summed E-state index contributed by atoms with van der Waals surface area (Å²) in [5.41, 5.74) is 2.84. The van der Waals surface area contributed by atoms with Crippen LogP contribution < -0.4 is 4.74 Å². The van der Waals surface area contributed by atoms with Crippen molar-refractivity contribution in [1.82, 2.24) is 9.80 Å². The molecule has 2 heterocycles. The van der Waals surface area contributed by atoms with Gasteiger partial charge in [0.25, 0.3) is 5.91 Å². The molecular weight excluding hydrogens is 432 g/mol. The number of ether oxygens (including phenoxy) is 3. The molecule has 182 valence electrons. The smallest absolute Gasteiger partial charge is 0.410 e. The Morgan fingerprint density at radius 2 is 1.47 bits per heavy atom. The third kappa shape index (κ3) is 6.29. The number of rotatable bonds is 6. The van der Waals surface area contributed by atoms with Crippen LogP contribution in [0.3, 0.4) is 0 Å². The molecule has 0 N–H and O–H groups in total. The van der Waals surface area contributed by atoms with Crippen molar-refractivity contribution in [3.05, 3.63) is 54.1 Å². The van der Waals surface area contributed by atoms with Gasteiger partial charge in [0, 0.05) is 31.7 Å². The van der Waals surface area contributed by atoms with Gasteiger partial charge in [0.1, 0.15) is 5.75 Å². The number of morpholine rings is 1. The summed E-state index contributed by atoms with van der Waals surface area (Å²) < 4.78 is 16.6. The highest BCUT2D eigenvalue weighted by Gasteiger charge is 2.24. The molecule has 2 aromatic carbocycles. The van der Waals surface area contributed by atoms with Crippen molar-refractivity contribution >= 4 is 12.0 Å². The maximum Gasteiger partial charge on any atom is 0.410 e. The molecule has 4 rings (SSSR count). The molecule has 0 aromatic heterocycles. The predicted octanol–water partition coefficient (Wildman–Crippen LogP) is 4.46. The van der Waals surface area contributed by atoms with Crippen molar-refractivity contribution in [3.63, 3.8) is 0 Å². The van der Waals surface area contributed by atoms with Crippen molar-refractivity contribution in [2.24, 2.45) is 5.92 Å². The largest absolute Gasteiger partial charge is 0.493 e. The lowest BCUT2D eigenvalue weighted by Crippen LogP contribution is -2.40. The zero-order valence-electron chi connectivity index (χ0n) is 20.1. The normalized spacial score (nSPS) is 17.0. The molecule has 2 saturated heterocycles. The second kappa shape index (κ2) is 11.4. The first kappa shape index (κ1) is 24.1. The van der Waals surface area contributed by atoms with Crippen LogP contribution in [-0.4, -0.2) is 73.9 Å². The van der Waals surface area contributed by atoms with E-state index >= 15 is 0 Å². The molecule has 0 atom stereocenters. The minimum absolute atomic E-state index is 0.0567. The van der Waals surface area contributed by atoms with Gasteiger partial charge in [-0.15, -0.1) is 0 Å². The third-order valence-corrected chi connectivity index (χ3v) is 6.31. The monoisotopic (exact) mass is 466 g/mol. The number of carbonyl (C=O) groups excluding carboxylic acids is 2. The van der Waals surface area contributed by atoms with Crippen molar-refractivity contribution in [2.45, 2.75) is 32.8 Å². The quantitative estimate of drug-likeness (QED) is 0.629. The van der Waals surface area contributed by atoms with Gasteiger partial charge in [-0.05, 0) is 68.0 Å². The van der Waals surface area contributed by atoms with Crippen LogP contribution in [0.15, 0.2) is 48.5 Å². The van der Waals surface area contributed by atoms with E-state index in [1.165, 1.54) is 0 Å². The third-order valence-electron chi connectivity index (χ3n) is 6.31. The summed E-state index contributed by atoms with van der Waals surface area (Å²) in [6.45, 7) is 8.29. The second-order valence-corrected chi connectivity index (χ2v) is 9.18. The fourth-order valence-electron chi connectivity index (χ4n) is 4.27. The first-order chi connectivity index (χ1) is 16.5. The molecule has 7 nitrogen and oxygen atoms in total. The summed E-state index contributed by atoms with van der Waals surface area (Å²) in [7, 11) is 0. The number of likely N-dealkylation sites (tertiary alicyclic amines) is 1. The number of amides is 2. The van der Waals surface area contributed by atoms with Gasteiger partial charge in [-0.2, -0.15) is 0 Å². The molecule has 2 aliphatic rings. The molecule has 2 amide bonds. The zero-order valence-corrected chi connectivity index (χ0v) is 20.1. The lowest BCUT2D eigenvalue weighted by atomic mass is 9.98. The highest BCUT2D eigenvalue weighted by molar-refractivity contribution is 5.94. The highest BCUT2D eigenvalue weighted by Crippen LogP contribution is 2.25. The molecule has 0 spiro atoms.